The molecular weight excluding hydrogens is 429 g/mol. The number of hydrogen-bond donors (Lipinski definition) is 2. The summed E-state index contributed by atoms with van der Waals surface area (Å²) in [7, 11) is 0. The Kier molecular flexibility index (Phi) is 10.4. The third-order valence-electron chi connectivity index (χ3n) is 4.26. The Hall–Kier alpha value is -0.860. The zero-order chi connectivity index (χ0) is 17.3. The van der Waals surface area contributed by atoms with E-state index in [1.54, 1.807) is 0 Å². The molecule has 1 heterocycles. The van der Waals surface area contributed by atoms with E-state index in [-0.39, 0.29) is 29.6 Å². The lowest BCUT2D eigenvalue weighted by molar-refractivity contribution is 0.0243. The lowest BCUT2D eigenvalue weighted by Gasteiger charge is -2.24. The monoisotopic (exact) mass is 461 g/mol. The highest BCUT2D eigenvalue weighted by Gasteiger charge is 2.29. The molecule has 1 aliphatic heterocycles. The van der Waals surface area contributed by atoms with Crippen molar-refractivity contribution < 1.29 is 9.47 Å². The van der Waals surface area contributed by atoms with E-state index < -0.39 is 0 Å². The first-order valence-electron chi connectivity index (χ1n) is 8.97. The van der Waals surface area contributed by atoms with E-state index in [0.29, 0.717) is 13.2 Å². The maximum Gasteiger partial charge on any atom is 0.191 e. The molecule has 2 N–H and O–H groups in total. The van der Waals surface area contributed by atoms with E-state index in [1.807, 2.05) is 19.1 Å². The van der Waals surface area contributed by atoms with Gasteiger partial charge in [-0.2, -0.15) is 0 Å². The van der Waals surface area contributed by atoms with Crippen molar-refractivity contribution in [1.29, 1.82) is 0 Å². The van der Waals surface area contributed by atoms with Crippen LogP contribution in [0.1, 0.15) is 44.7 Å². The zero-order valence-electron chi connectivity index (χ0n) is 15.6. The standard InChI is InChI=1S/C19H31N3O2.HI/c1-4-20-18(22-15-19(3)11-8-12-24-19)21-13-16-9-6-7-10-17(16)14-23-5-2;/h6-7,9-10H,4-5,8,11-15H2,1-3H3,(H2,20,21,22);1H. The number of benzene rings is 1. The van der Waals surface area contributed by atoms with Crippen LogP contribution in [0.2, 0.25) is 0 Å². The molecule has 0 amide bonds. The maximum absolute atomic E-state index is 5.83. The predicted octanol–water partition coefficient (Wildman–Crippen LogP) is 3.47. The molecule has 1 aromatic carbocycles. The molecule has 0 spiro atoms. The van der Waals surface area contributed by atoms with Crippen molar-refractivity contribution in [3.63, 3.8) is 0 Å². The Labute approximate surface area is 169 Å². The number of rotatable bonds is 8. The zero-order valence-corrected chi connectivity index (χ0v) is 18.0. The molecule has 6 heteroatoms. The van der Waals surface area contributed by atoms with Crippen LogP contribution >= 0.6 is 24.0 Å². The van der Waals surface area contributed by atoms with Crippen LogP contribution < -0.4 is 10.6 Å². The average molecular weight is 461 g/mol. The molecule has 5 nitrogen and oxygen atoms in total. The molecule has 1 aromatic rings. The van der Waals surface area contributed by atoms with Crippen molar-refractivity contribution >= 4 is 29.9 Å². The third kappa shape index (κ3) is 7.50. The second-order valence-electron chi connectivity index (χ2n) is 6.36. The van der Waals surface area contributed by atoms with Crippen LogP contribution in [0.15, 0.2) is 29.3 Å². The highest BCUT2D eigenvalue weighted by atomic mass is 127. The van der Waals surface area contributed by atoms with Gasteiger partial charge in [-0.3, -0.25) is 0 Å². The summed E-state index contributed by atoms with van der Waals surface area (Å²) in [5.74, 6) is 0.834. The van der Waals surface area contributed by atoms with Crippen LogP contribution in [0.25, 0.3) is 0 Å². The quantitative estimate of drug-likeness (QED) is 0.354. The number of hydrogen-bond acceptors (Lipinski definition) is 3. The van der Waals surface area contributed by atoms with Gasteiger partial charge in [-0.05, 0) is 44.7 Å². The van der Waals surface area contributed by atoms with E-state index in [0.717, 1.165) is 45.1 Å². The minimum absolute atomic E-state index is 0. The van der Waals surface area contributed by atoms with E-state index in [9.17, 15) is 0 Å². The van der Waals surface area contributed by atoms with Gasteiger partial charge in [0.1, 0.15) is 0 Å². The Morgan fingerprint density at radius 3 is 2.64 bits per heavy atom. The van der Waals surface area contributed by atoms with Crippen molar-refractivity contribution in [3.8, 4) is 0 Å². The van der Waals surface area contributed by atoms with Gasteiger partial charge in [-0.1, -0.05) is 24.3 Å². The van der Waals surface area contributed by atoms with Gasteiger partial charge < -0.3 is 20.1 Å². The van der Waals surface area contributed by atoms with Crippen molar-refractivity contribution in [2.24, 2.45) is 4.99 Å². The molecule has 142 valence electrons. The molecule has 1 fully saturated rings. The van der Waals surface area contributed by atoms with Crippen LogP contribution in [0.4, 0.5) is 0 Å². The first-order valence-corrected chi connectivity index (χ1v) is 8.97. The molecule has 1 saturated heterocycles. The lowest BCUT2D eigenvalue weighted by atomic mass is 10.0. The van der Waals surface area contributed by atoms with E-state index in [1.165, 1.54) is 11.1 Å². The molecule has 0 aliphatic carbocycles. The largest absolute Gasteiger partial charge is 0.377 e. The minimum Gasteiger partial charge on any atom is -0.377 e. The summed E-state index contributed by atoms with van der Waals surface area (Å²) in [5, 5.41) is 6.73. The Morgan fingerprint density at radius 1 is 1.24 bits per heavy atom. The Morgan fingerprint density at radius 2 is 2.00 bits per heavy atom. The highest BCUT2D eigenvalue weighted by molar-refractivity contribution is 14.0. The first kappa shape index (κ1) is 22.2. The Balaban J connectivity index is 0.00000312. The summed E-state index contributed by atoms with van der Waals surface area (Å²) in [6.07, 6.45) is 2.23. The average Bonchev–Trinajstić information content (AvgIpc) is 3.03. The van der Waals surface area contributed by atoms with Gasteiger partial charge in [-0.15, -0.1) is 24.0 Å². The molecule has 1 atom stereocenters. The summed E-state index contributed by atoms with van der Waals surface area (Å²) in [4.78, 5) is 4.73. The number of halogens is 1. The van der Waals surface area contributed by atoms with Crippen molar-refractivity contribution in [2.75, 3.05) is 26.3 Å². The fourth-order valence-electron chi connectivity index (χ4n) is 2.82. The topological polar surface area (TPSA) is 54.9 Å². The molecule has 25 heavy (non-hydrogen) atoms. The molecule has 2 rings (SSSR count). The van der Waals surface area contributed by atoms with Crippen LogP contribution in [-0.4, -0.2) is 37.9 Å². The summed E-state index contributed by atoms with van der Waals surface area (Å²) in [6, 6.07) is 8.31. The molecule has 1 aliphatic rings. The molecular formula is C19H32IN3O2. The third-order valence-corrected chi connectivity index (χ3v) is 4.26. The van der Waals surface area contributed by atoms with Crippen LogP contribution in [0.5, 0.6) is 0 Å². The molecule has 0 radical (unpaired) electrons. The van der Waals surface area contributed by atoms with Gasteiger partial charge in [0.2, 0.25) is 0 Å². The molecule has 1 unspecified atom stereocenters. The number of aliphatic imine (C=N–C) groups is 1. The van der Waals surface area contributed by atoms with Crippen LogP contribution in [-0.2, 0) is 22.6 Å². The molecule has 0 aromatic heterocycles. The summed E-state index contributed by atoms with van der Waals surface area (Å²) in [6.45, 7) is 10.7. The van der Waals surface area contributed by atoms with E-state index in [2.05, 4.69) is 36.6 Å². The van der Waals surface area contributed by atoms with Gasteiger partial charge in [0.15, 0.2) is 5.96 Å². The molecule has 0 bridgehead atoms. The van der Waals surface area contributed by atoms with Crippen LogP contribution in [0, 0.1) is 0 Å². The fourth-order valence-corrected chi connectivity index (χ4v) is 2.82. The van der Waals surface area contributed by atoms with Gasteiger partial charge in [0.25, 0.3) is 0 Å². The first-order chi connectivity index (χ1) is 11.7. The highest BCUT2D eigenvalue weighted by Crippen LogP contribution is 2.23. The van der Waals surface area contributed by atoms with E-state index >= 15 is 0 Å². The predicted molar refractivity (Wildman–Crippen MR) is 114 cm³/mol. The minimum atomic E-state index is -0.0803. The smallest absolute Gasteiger partial charge is 0.191 e. The fraction of sp³-hybridized carbons (Fsp3) is 0.632. The summed E-state index contributed by atoms with van der Waals surface area (Å²) >= 11 is 0. The second-order valence-corrected chi connectivity index (χ2v) is 6.36. The number of ether oxygens (including phenoxy) is 2. The number of nitrogens with zero attached hydrogens (tertiary/aromatic N) is 1. The van der Waals surface area contributed by atoms with Crippen molar-refractivity contribution in [2.45, 2.75) is 52.4 Å². The van der Waals surface area contributed by atoms with Gasteiger partial charge >= 0.3 is 0 Å². The van der Waals surface area contributed by atoms with Gasteiger partial charge in [-0.25, -0.2) is 4.99 Å². The van der Waals surface area contributed by atoms with E-state index in [4.69, 9.17) is 14.5 Å². The number of guanidine groups is 1. The maximum atomic E-state index is 5.83. The SMILES string of the molecule is CCNC(=NCc1ccccc1COCC)NCC1(C)CCCO1.I. The second kappa shape index (κ2) is 11.7. The summed E-state index contributed by atoms with van der Waals surface area (Å²) in [5.41, 5.74) is 2.32. The van der Waals surface area contributed by atoms with Gasteiger partial charge in [0.05, 0.1) is 18.8 Å². The van der Waals surface area contributed by atoms with Crippen LogP contribution in [0.3, 0.4) is 0 Å². The normalized spacial score (nSPS) is 20.2. The lowest BCUT2D eigenvalue weighted by Crippen LogP contribution is -2.45. The molecule has 0 saturated carbocycles. The van der Waals surface area contributed by atoms with Gasteiger partial charge in [0, 0.05) is 26.3 Å². The van der Waals surface area contributed by atoms with Crippen molar-refractivity contribution in [1.82, 2.24) is 10.6 Å². The number of nitrogens with one attached hydrogen (secondary N) is 2. The van der Waals surface area contributed by atoms with Crippen molar-refractivity contribution in [3.05, 3.63) is 35.4 Å². The Bertz CT molecular complexity index is 531. The summed E-state index contributed by atoms with van der Waals surface area (Å²) < 4.78 is 11.4.